The quantitative estimate of drug-likeness (QED) is 0.277. The maximum absolute atomic E-state index is 13.9. The van der Waals surface area contributed by atoms with E-state index in [4.69, 9.17) is 32.7 Å². The van der Waals surface area contributed by atoms with Crippen molar-refractivity contribution in [3.05, 3.63) is 87.9 Å². The fraction of sp³-hybridized carbons (Fsp3) is 0.355. The number of carbonyl (C=O) groups excluding carboxylic acids is 2. The van der Waals surface area contributed by atoms with Gasteiger partial charge in [0.05, 0.1) is 22.0 Å². The van der Waals surface area contributed by atoms with Gasteiger partial charge in [0.25, 0.3) is 0 Å². The zero-order valence-electron chi connectivity index (χ0n) is 24.1. The Bertz CT molecular complexity index is 1540. The smallest absolute Gasteiger partial charge is 0.243 e. The van der Waals surface area contributed by atoms with Crippen LogP contribution in [-0.4, -0.2) is 63.7 Å². The van der Waals surface area contributed by atoms with Gasteiger partial charge in [-0.3, -0.25) is 13.9 Å². The van der Waals surface area contributed by atoms with E-state index in [0.29, 0.717) is 59.0 Å². The fourth-order valence-corrected chi connectivity index (χ4v) is 6.15. The van der Waals surface area contributed by atoms with Gasteiger partial charge in [0.15, 0.2) is 11.5 Å². The molecule has 0 aliphatic carbocycles. The fourth-order valence-electron chi connectivity index (χ4n) is 4.87. The molecule has 1 N–H and O–H groups in total. The van der Waals surface area contributed by atoms with Crippen LogP contribution >= 0.6 is 23.2 Å². The summed E-state index contributed by atoms with van der Waals surface area (Å²) in [5, 5.41) is 3.58. The SMILES string of the molecule is CCNC(=O)[C@@H](Cc1ccccc1)N(Cc1ccc(Cl)c(Cl)c1)C(=O)CCCN(c1ccc2c(c1)OCCO2)S(C)(=O)=O. The van der Waals surface area contributed by atoms with Crippen LogP contribution in [0.25, 0.3) is 0 Å². The third kappa shape index (κ3) is 8.78. The van der Waals surface area contributed by atoms with E-state index >= 15 is 0 Å². The Kier molecular flexibility index (Phi) is 11.2. The number of nitrogens with one attached hydrogen (secondary N) is 1. The number of likely N-dealkylation sites (N-methyl/N-ethyl adjacent to an activating group) is 1. The van der Waals surface area contributed by atoms with E-state index in [1.54, 1.807) is 36.4 Å². The third-order valence-electron chi connectivity index (χ3n) is 6.92. The number of fused-ring (bicyclic) bond motifs is 1. The third-order valence-corrected chi connectivity index (χ3v) is 8.86. The highest BCUT2D eigenvalue weighted by atomic mass is 35.5. The van der Waals surface area contributed by atoms with Gasteiger partial charge in [-0.2, -0.15) is 0 Å². The van der Waals surface area contributed by atoms with Crippen molar-refractivity contribution in [1.29, 1.82) is 0 Å². The van der Waals surface area contributed by atoms with Crippen LogP contribution in [0, 0.1) is 0 Å². The lowest BCUT2D eigenvalue weighted by molar-refractivity contribution is -0.141. The standard InChI is InChI=1S/C31H35Cl2N3O6S/c1-3-34-31(38)27(19-22-8-5-4-6-9-22)35(21-23-11-13-25(32)26(33)18-23)30(37)10-7-15-36(43(2,39)40)24-12-14-28-29(20-24)42-17-16-41-28/h4-6,8-9,11-14,18,20,27H,3,7,10,15-17,19,21H2,1-2H3,(H,34,38)/t27-/m1/s1. The van der Waals surface area contributed by atoms with E-state index in [9.17, 15) is 18.0 Å². The molecule has 3 aromatic carbocycles. The van der Waals surface area contributed by atoms with Crippen molar-refractivity contribution in [2.24, 2.45) is 0 Å². The van der Waals surface area contributed by atoms with E-state index < -0.39 is 16.1 Å². The highest BCUT2D eigenvalue weighted by Gasteiger charge is 2.30. The van der Waals surface area contributed by atoms with Crippen LogP contribution in [-0.2, 0) is 32.6 Å². The largest absolute Gasteiger partial charge is 0.486 e. The predicted octanol–water partition coefficient (Wildman–Crippen LogP) is 5.09. The number of nitrogens with zero attached hydrogens (tertiary/aromatic N) is 2. The van der Waals surface area contributed by atoms with Crippen LogP contribution in [0.15, 0.2) is 66.7 Å². The molecule has 230 valence electrons. The summed E-state index contributed by atoms with van der Waals surface area (Å²) in [7, 11) is -3.68. The molecule has 1 aliphatic rings. The van der Waals surface area contributed by atoms with E-state index in [-0.39, 0.29) is 37.7 Å². The molecule has 0 bridgehead atoms. The number of carbonyl (C=O) groups is 2. The number of sulfonamides is 1. The highest BCUT2D eigenvalue weighted by molar-refractivity contribution is 7.92. The summed E-state index contributed by atoms with van der Waals surface area (Å²) in [4.78, 5) is 28.8. The van der Waals surface area contributed by atoms with Crippen molar-refractivity contribution >= 4 is 50.7 Å². The minimum absolute atomic E-state index is 0.00257. The van der Waals surface area contributed by atoms with Gasteiger partial charge in [0, 0.05) is 38.5 Å². The Labute approximate surface area is 262 Å². The maximum atomic E-state index is 13.9. The van der Waals surface area contributed by atoms with Crippen LogP contribution in [0.3, 0.4) is 0 Å². The first-order valence-electron chi connectivity index (χ1n) is 14.0. The van der Waals surface area contributed by atoms with Crippen molar-refractivity contribution in [3.63, 3.8) is 0 Å². The van der Waals surface area contributed by atoms with Gasteiger partial charge in [-0.1, -0.05) is 59.6 Å². The molecular formula is C31H35Cl2N3O6S. The van der Waals surface area contributed by atoms with Crippen LogP contribution in [0.4, 0.5) is 5.69 Å². The molecule has 12 heteroatoms. The minimum Gasteiger partial charge on any atom is -0.486 e. The van der Waals surface area contributed by atoms with Gasteiger partial charge in [0.2, 0.25) is 21.8 Å². The maximum Gasteiger partial charge on any atom is 0.243 e. The molecule has 1 heterocycles. The second-order valence-electron chi connectivity index (χ2n) is 10.1. The second kappa shape index (κ2) is 14.8. The normalized spacial score (nSPS) is 13.2. The summed E-state index contributed by atoms with van der Waals surface area (Å²) >= 11 is 12.4. The molecule has 0 fully saturated rings. The van der Waals surface area contributed by atoms with Gasteiger partial charge in [0.1, 0.15) is 19.3 Å². The first-order valence-corrected chi connectivity index (χ1v) is 16.6. The van der Waals surface area contributed by atoms with Crippen molar-refractivity contribution in [1.82, 2.24) is 10.2 Å². The van der Waals surface area contributed by atoms with Crippen LogP contribution in [0.2, 0.25) is 10.0 Å². The first kappa shape index (κ1) is 32.4. The van der Waals surface area contributed by atoms with Crippen LogP contribution in [0.5, 0.6) is 11.5 Å². The minimum atomic E-state index is -3.68. The number of benzene rings is 3. The molecule has 0 saturated carbocycles. The number of hydrogen-bond acceptors (Lipinski definition) is 6. The van der Waals surface area contributed by atoms with Crippen molar-refractivity contribution < 1.29 is 27.5 Å². The molecule has 4 rings (SSSR count). The molecule has 43 heavy (non-hydrogen) atoms. The van der Waals surface area contributed by atoms with Gasteiger partial charge in [-0.15, -0.1) is 0 Å². The van der Waals surface area contributed by atoms with Crippen molar-refractivity contribution in [2.75, 3.05) is 36.9 Å². The van der Waals surface area contributed by atoms with Gasteiger partial charge in [-0.25, -0.2) is 8.42 Å². The Morgan fingerprint density at radius 3 is 2.33 bits per heavy atom. The topological polar surface area (TPSA) is 105 Å². The average molecular weight is 649 g/mol. The van der Waals surface area contributed by atoms with Gasteiger partial charge >= 0.3 is 0 Å². The number of ether oxygens (including phenoxy) is 2. The lowest BCUT2D eigenvalue weighted by Crippen LogP contribution is -2.50. The lowest BCUT2D eigenvalue weighted by Gasteiger charge is -2.32. The van der Waals surface area contributed by atoms with E-state index in [0.717, 1.165) is 11.8 Å². The Morgan fingerprint density at radius 2 is 1.65 bits per heavy atom. The monoisotopic (exact) mass is 647 g/mol. The number of anilines is 1. The zero-order chi connectivity index (χ0) is 31.0. The molecule has 0 aromatic heterocycles. The Hall–Kier alpha value is -3.47. The number of rotatable bonds is 13. The molecule has 2 amide bonds. The number of halogens is 2. The van der Waals surface area contributed by atoms with Gasteiger partial charge < -0.3 is 19.7 Å². The van der Waals surface area contributed by atoms with Gasteiger partial charge in [-0.05, 0) is 48.7 Å². The van der Waals surface area contributed by atoms with Crippen LogP contribution < -0.4 is 19.1 Å². The molecule has 1 aliphatic heterocycles. The average Bonchev–Trinajstić information content (AvgIpc) is 2.98. The summed E-state index contributed by atoms with van der Waals surface area (Å²) in [6.45, 7) is 3.18. The molecule has 9 nitrogen and oxygen atoms in total. The molecule has 1 atom stereocenters. The zero-order valence-corrected chi connectivity index (χ0v) is 26.4. The lowest BCUT2D eigenvalue weighted by atomic mass is 10.0. The van der Waals surface area contributed by atoms with Crippen molar-refractivity contribution in [3.8, 4) is 11.5 Å². The second-order valence-corrected chi connectivity index (χ2v) is 12.9. The summed E-state index contributed by atoms with van der Waals surface area (Å²) in [6, 6.07) is 18.7. The number of hydrogen-bond donors (Lipinski definition) is 1. The summed E-state index contributed by atoms with van der Waals surface area (Å²) in [5.41, 5.74) is 2.02. The molecule has 0 unspecified atom stereocenters. The highest BCUT2D eigenvalue weighted by Crippen LogP contribution is 2.35. The predicted molar refractivity (Wildman–Crippen MR) is 168 cm³/mol. The van der Waals surface area contributed by atoms with E-state index in [1.165, 1.54) is 9.21 Å². The van der Waals surface area contributed by atoms with Crippen LogP contribution in [0.1, 0.15) is 30.9 Å². The summed E-state index contributed by atoms with van der Waals surface area (Å²) in [5.74, 6) is 0.432. The first-order chi connectivity index (χ1) is 20.6. The molecule has 3 aromatic rings. The van der Waals surface area contributed by atoms with Crippen molar-refractivity contribution in [2.45, 2.75) is 38.8 Å². The molecule has 0 saturated heterocycles. The molecular weight excluding hydrogens is 613 g/mol. The molecule has 0 radical (unpaired) electrons. The number of amides is 2. The summed E-state index contributed by atoms with van der Waals surface area (Å²) in [6.07, 6.45) is 1.63. The Morgan fingerprint density at radius 1 is 0.930 bits per heavy atom. The van der Waals surface area contributed by atoms with E-state index in [2.05, 4.69) is 5.32 Å². The van der Waals surface area contributed by atoms with E-state index in [1.807, 2.05) is 37.3 Å². The Balaban J connectivity index is 1.57. The summed E-state index contributed by atoms with van der Waals surface area (Å²) < 4.78 is 38.0. The molecule has 0 spiro atoms.